The molecule has 1 atom stereocenters. The molecular weight excluding hydrogens is 340 g/mol. The van der Waals surface area contributed by atoms with Gasteiger partial charge >= 0.3 is 0 Å². The van der Waals surface area contributed by atoms with E-state index in [4.69, 9.17) is 11.6 Å². The van der Waals surface area contributed by atoms with Crippen molar-refractivity contribution in [1.82, 2.24) is 9.80 Å². The number of carbonyl (C=O) groups is 1. The molecule has 0 spiro atoms. The monoisotopic (exact) mass is 358 g/mol. The van der Waals surface area contributed by atoms with E-state index < -0.39 is 0 Å². The van der Waals surface area contributed by atoms with Gasteiger partial charge < -0.3 is 9.80 Å². The molecule has 0 bridgehead atoms. The van der Waals surface area contributed by atoms with Gasteiger partial charge in [-0.25, -0.2) is 0 Å². The fourth-order valence-electron chi connectivity index (χ4n) is 2.44. The first-order valence-electron chi connectivity index (χ1n) is 6.88. The van der Waals surface area contributed by atoms with E-state index in [-0.39, 0.29) is 5.78 Å². The van der Waals surface area contributed by atoms with E-state index in [1.165, 1.54) is 0 Å². The Balaban J connectivity index is 1.89. The van der Waals surface area contributed by atoms with E-state index in [0.717, 1.165) is 30.7 Å². The Morgan fingerprint density at radius 3 is 2.85 bits per heavy atom. The highest BCUT2D eigenvalue weighted by Crippen LogP contribution is 2.22. The number of benzene rings is 1. The number of hydrogen-bond donors (Lipinski definition) is 0. The van der Waals surface area contributed by atoms with Crippen molar-refractivity contribution < 1.29 is 4.79 Å². The van der Waals surface area contributed by atoms with Gasteiger partial charge in [0.2, 0.25) is 0 Å². The van der Waals surface area contributed by atoms with Gasteiger partial charge in [-0.05, 0) is 32.2 Å². The van der Waals surface area contributed by atoms with Gasteiger partial charge in [-0.15, -0.1) is 0 Å². The van der Waals surface area contributed by atoms with Crippen LogP contribution in [-0.2, 0) is 0 Å². The Morgan fingerprint density at radius 2 is 2.20 bits per heavy atom. The summed E-state index contributed by atoms with van der Waals surface area (Å²) in [5, 5.41) is 0.524. The van der Waals surface area contributed by atoms with Gasteiger partial charge in [-0.1, -0.05) is 27.5 Å². The van der Waals surface area contributed by atoms with Gasteiger partial charge in [-0.3, -0.25) is 4.79 Å². The molecule has 2 rings (SSSR count). The van der Waals surface area contributed by atoms with E-state index >= 15 is 0 Å². The largest absolute Gasteiger partial charge is 0.301 e. The van der Waals surface area contributed by atoms with Crippen molar-refractivity contribution in [2.45, 2.75) is 19.4 Å². The smallest absolute Gasteiger partial charge is 0.165 e. The summed E-state index contributed by atoms with van der Waals surface area (Å²) in [6.45, 7) is 6.15. The molecule has 1 aliphatic rings. The molecular formula is C15H20BrClN2O. The number of carbonyl (C=O) groups excluding carboxylic acids is 1. The minimum atomic E-state index is 0.120. The van der Waals surface area contributed by atoms with Crippen LogP contribution in [0.3, 0.4) is 0 Å². The lowest BCUT2D eigenvalue weighted by molar-refractivity contribution is 0.0873. The molecule has 0 saturated carbocycles. The van der Waals surface area contributed by atoms with Crippen molar-refractivity contribution in [3.63, 3.8) is 0 Å². The van der Waals surface area contributed by atoms with Gasteiger partial charge in [-0.2, -0.15) is 0 Å². The Labute approximate surface area is 134 Å². The zero-order valence-corrected chi connectivity index (χ0v) is 14.2. The maximum absolute atomic E-state index is 12.2. The van der Waals surface area contributed by atoms with Crippen LogP contribution in [0.1, 0.15) is 23.7 Å². The molecule has 1 aromatic rings. The molecule has 3 nitrogen and oxygen atoms in total. The van der Waals surface area contributed by atoms with Gasteiger partial charge in [0.05, 0.1) is 5.02 Å². The summed E-state index contributed by atoms with van der Waals surface area (Å²) >= 11 is 9.47. The minimum absolute atomic E-state index is 0.120. The molecule has 1 heterocycles. The van der Waals surface area contributed by atoms with Crippen LogP contribution < -0.4 is 0 Å². The average Bonchev–Trinajstić information content (AvgIpc) is 2.40. The first-order chi connectivity index (χ1) is 9.47. The molecule has 110 valence electrons. The zero-order valence-electron chi connectivity index (χ0n) is 11.9. The summed E-state index contributed by atoms with van der Waals surface area (Å²) in [6, 6.07) is 5.97. The lowest BCUT2D eigenvalue weighted by atomic mass is 10.1. The predicted molar refractivity (Wildman–Crippen MR) is 86.6 cm³/mol. The van der Waals surface area contributed by atoms with Crippen molar-refractivity contribution in [3.05, 3.63) is 33.3 Å². The molecule has 5 heteroatoms. The normalized spacial score (nSPS) is 21.1. The van der Waals surface area contributed by atoms with Crippen LogP contribution in [0.4, 0.5) is 0 Å². The molecule has 1 fully saturated rings. The number of Topliss-reactive ketones (excluding diaryl/α,β-unsaturated/α-hetero) is 1. The van der Waals surface area contributed by atoms with Gasteiger partial charge in [0, 0.05) is 48.7 Å². The van der Waals surface area contributed by atoms with Crippen LogP contribution in [0.2, 0.25) is 5.02 Å². The number of hydrogen-bond acceptors (Lipinski definition) is 3. The quantitative estimate of drug-likeness (QED) is 0.771. The summed E-state index contributed by atoms with van der Waals surface area (Å²) in [7, 11) is 2.15. The van der Waals surface area contributed by atoms with Crippen molar-refractivity contribution in [2.75, 3.05) is 33.2 Å². The van der Waals surface area contributed by atoms with Gasteiger partial charge in [0.15, 0.2) is 5.78 Å². The molecule has 1 aromatic carbocycles. The Morgan fingerprint density at radius 1 is 1.45 bits per heavy atom. The predicted octanol–water partition coefficient (Wildman–Crippen LogP) is 3.31. The zero-order chi connectivity index (χ0) is 14.7. The SMILES string of the molecule is CC1CN(CCC(=O)c2ccc(Br)cc2Cl)CCN1C. The van der Waals surface area contributed by atoms with Gasteiger partial charge in [0.1, 0.15) is 0 Å². The standard InChI is InChI=1S/C15H20BrClN2O/c1-11-10-19(8-7-18(11)2)6-5-15(20)13-4-3-12(16)9-14(13)17/h3-4,9,11H,5-8,10H2,1-2H3. The second-order valence-electron chi connectivity index (χ2n) is 5.43. The van der Waals surface area contributed by atoms with Crippen molar-refractivity contribution in [2.24, 2.45) is 0 Å². The number of rotatable bonds is 4. The minimum Gasteiger partial charge on any atom is -0.301 e. The molecule has 1 unspecified atom stereocenters. The number of ketones is 1. The lowest BCUT2D eigenvalue weighted by Crippen LogP contribution is -2.50. The summed E-state index contributed by atoms with van der Waals surface area (Å²) in [5.74, 6) is 0.120. The van der Waals surface area contributed by atoms with Crippen molar-refractivity contribution in [3.8, 4) is 0 Å². The third kappa shape index (κ3) is 4.04. The number of piperazine rings is 1. The fourth-order valence-corrected chi connectivity index (χ4v) is 3.22. The molecule has 0 N–H and O–H groups in total. The maximum Gasteiger partial charge on any atom is 0.165 e. The van der Waals surface area contributed by atoms with Crippen molar-refractivity contribution >= 4 is 33.3 Å². The summed E-state index contributed by atoms with van der Waals surface area (Å²) in [5.41, 5.74) is 0.622. The van der Waals surface area contributed by atoms with Crippen LogP contribution in [0.5, 0.6) is 0 Å². The van der Waals surface area contributed by atoms with Crippen LogP contribution in [-0.4, -0.2) is 54.9 Å². The summed E-state index contributed by atoms with van der Waals surface area (Å²) in [6.07, 6.45) is 0.526. The third-order valence-corrected chi connectivity index (χ3v) is 4.74. The third-order valence-electron chi connectivity index (χ3n) is 3.93. The first-order valence-corrected chi connectivity index (χ1v) is 8.05. The van der Waals surface area contributed by atoms with Crippen LogP contribution in [0.25, 0.3) is 0 Å². The van der Waals surface area contributed by atoms with E-state index in [1.807, 2.05) is 6.07 Å². The maximum atomic E-state index is 12.2. The fraction of sp³-hybridized carbons (Fsp3) is 0.533. The average molecular weight is 360 g/mol. The van der Waals surface area contributed by atoms with E-state index in [0.29, 0.717) is 23.0 Å². The highest BCUT2D eigenvalue weighted by molar-refractivity contribution is 9.10. The number of likely N-dealkylation sites (N-methyl/N-ethyl adjacent to an activating group) is 1. The second-order valence-corrected chi connectivity index (χ2v) is 6.75. The summed E-state index contributed by atoms with van der Waals surface area (Å²) in [4.78, 5) is 16.9. The van der Waals surface area contributed by atoms with Crippen LogP contribution in [0, 0.1) is 0 Å². The Bertz CT molecular complexity index is 495. The van der Waals surface area contributed by atoms with Crippen LogP contribution in [0.15, 0.2) is 22.7 Å². The summed E-state index contributed by atoms with van der Waals surface area (Å²) < 4.78 is 0.895. The molecule has 1 aliphatic heterocycles. The highest BCUT2D eigenvalue weighted by atomic mass is 79.9. The Hall–Kier alpha value is -0.420. The topological polar surface area (TPSA) is 23.6 Å². The molecule has 20 heavy (non-hydrogen) atoms. The van der Waals surface area contributed by atoms with Crippen LogP contribution >= 0.6 is 27.5 Å². The molecule has 0 aromatic heterocycles. The first kappa shape index (κ1) is 16.0. The molecule has 0 radical (unpaired) electrons. The molecule has 1 saturated heterocycles. The lowest BCUT2D eigenvalue weighted by Gasteiger charge is -2.37. The molecule has 0 amide bonds. The molecule has 0 aliphatic carbocycles. The highest BCUT2D eigenvalue weighted by Gasteiger charge is 2.21. The van der Waals surface area contributed by atoms with Gasteiger partial charge in [0.25, 0.3) is 0 Å². The van der Waals surface area contributed by atoms with E-state index in [1.54, 1.807) is 12.1 Å². The Kier molecular flexibility index (Phi) is 5.61. The second kappa shape index (κ2) is 7.03. The number of nitrogens with zero attached hydrogens (tertiary/aromatic N) is 2. The van der Waals surface area contributed by atoms with Crippen molar-refractivity contribution in [1.29, 1.82) is 0 Å². The van der Waals surface area contributed by atoms with E-state index in [2.05, 4.69) is 39.7 Å². The number of halogens is 2. The van der Waals surface area contributed by atoms with E-state index in [9.17, 15) is 4.79 Å².